The summed E-state index contributed by atoms with van der Waals surface area (Å²) in [4.78, 5) is 14.2. The summed E-state index contributed by atoms with van der Waals surface area (Å²) in [5.74, 6) is -0.166. The van der Waals surface area contributed by atoms with E-state index in [1.54, 1.807) is 30.3 Å². The largest absolute Gasteiger partial charge is 0.353 e. The van der Waals surface area contributed by atoms with Gasteiger partial charge in [-0.3, -0.25) is 0 Å². The molecule has 0 spiro atoms. The van der Waals surface area contributed by atoms with Crippen molar-refractivity contribution in [3.63, 3.8) is 0 Å². The van der Waals surface area contributed by atoms with Crippen molar-refractivity contribution in [2.75, 3.05) is 0 Å². The van der Waals surface area contributed by atoms with Gasteiger partial charge in [-0.15, -0.1) is 0 Å². The van der Waals surface area contributed by atoms with Crippen molar-refractivity contribution < 1.29 is 13.3 Å². The molecule has 1 heterocycles. The van der Waals surface area contributed by atoms with Gasteiger partial charge < -0.3 is 4.84 Å². The lowest BCUT2D eigenvalue weighted by Gasteiger charge is -2.06. The summed E-state index contributed by atoms with van der Waals surface area (Å²) in [6.45, 7) is 0. The van der Waals surface area contributed by atoms with E-state index in [4.69, 9.17) is 4.84 Å². The van der Waals surface area contributed by atoms with Crippen LogP contribution in [0.5, 0.6) is 6.01 Å². The average Bonchev–Trinajstić information content (AvgIpc) is 2.38. The lowest BCUT2D eigenvalue weighted by molar-refractivity contribution is 0.246. The molecule has 0 bridgehead atoms. The van der Waals surface area contributed by atoms with Crippen LogP contribution in [0.1, 0.15) is 5.56 Å². The maximum absolute atomic E-state index is 11.7. The van der Waals surface area contributed by atoms with Crippen LogP contribution in [0.2, 0.25) is 0 Å². The number of nitrogens with zero attached hydrogens (tertiary/aromatic N) is 2. The second-order valence-electron chi connectivity index (χ2n) is 3.46. The van der Waals surface area contributed by atoms with Crippen molar-refractivity contribution in [1.82, 2.24) is 14.9 Å². The first-order valence-electron chi connectivity index (χ1n) is 5.13. The summed E-state index contributed by atoms with van der Waals surface area (Å²) in [7, 11) is -3.59. The van der Waals surface area contributed by atoms with Crippen molar-refractivity contribution in [3.8, 4) is 6.01 Å². The van der Waals surface area contributed by atoms with E-state index in [-0.39, 0.29) is 11.8 Å². The Morgan fingerprint density at radius 3 is 2.39 bits per heavy atom. The highest BCUT2D eigenvalue weighted by atomic mass is 32.2. The van der Waals surface area contributed by atoms with Crippen molar-refractivity contribution >= 4 is 10.0 Å². The second kappa shape index (κ2) is 5.56. The van der Waals surface area contributed by atoms with Crippen LogP contribution >= 0.6 is 0 Å². The van der Waals surface area contributed by atoms with E-state index in [1.807, 2.05) is 11.0 Å². The first-order valence-corrected chi connectivity index (χ1v) is 6.78. The standard InChI is InChI=1S/C11H11N3O3S/c15-18(16,9-10-5-2-1-3-6-10)14-17-11-12-7-4-8-13-11/h1-8,14H,9H2. The maximum atomic E-state index is 11.7. The molecule has 94 valence electrons. The van der Waals surface area contributed by atoms with Gasteiger partial charge in [0.2, 0.25) is 10.0 Å². The van der Waals surface area contributed by atoms with E-state index in [9.17, 15) is 8.42 Å². The molecule has 0 amide bonds. The zero-order valence-electron chi connectivity index (χ0n) is 9.35. The van der Waals surface area contributed by atoms with E-state index in [1.165, 1.54) is 12.4 Å². The van der Waals surface area contributed by atoms with E-state index < -0.39 is 10.0 Å². The van der Waals surface area contributed by atoms with Gasteiger partial charge in [-0.25, -0.2) is 18.4 Å². The SMILES string of the molecule is O=S(=O)(Cc1ccccc1)NOc1ncccn1. The monoisotopic (exact) mass is 265 g/mol. The topological polar surface area (TPSA) is 81.2 Å². The minimum Gasteiger partial charge on any atom is -0.353 e. The van der Waals surface area contributed by atoms with Gasteiger partial charge in [-0.05, 0) is 16.5 Å². The molecule has 2 aromatic rings. The highest BCUT2D eigenvalue weighted by Crippen LogP contribution is 2.04. The summed E-state index contributed by atoms with van der Waals surface area (Å²) in [5.41, 5.74) is 0.669. The molecule has 0 radical (unpaired) electrons. The molecule has 1 aromatic carbocycles. The maximum Gasteiger partial charge on any atom is 0.336 e. The fourth-order valence-electron chi connectivity index (χ4n) is 1.26. The zero-order chi connectivity index (χ0) is 12.8. The molecule has 7 heteroatoms. The Balaban J connectivity index is 1.96. The van der Waals surface area contributed by atoms with Crippen molar-refractivity contribution in [1.29, 1.82) is 0 Å². The smallest absolute Gasteiger partial charge is 0.336 e. The molecule has 0 aliphatic carbocycles. The zero-order valence-corrected chi connectivity index (χ0v) is 10.2. The minimum atomic E-state index is -3.59. The van der Waals surface area contributed by atoms with Crippen LogP contribution in [-0.2, 0) is 15.8 Å². The Labute approximate surface area is 105 Å². The summed E-state index contributed by atoms with van der Waals surface area (Å²) < 4.78 is 23.4. The molecule has 2 rings (SSSR count). The number of nitrogens with one attached hydrogen (secondary N) is 1. The summed E-state index contributed by atoms with van der Waals surface area (Å²) >= 11 is 0. The normalized spacial score (nSPS) is 11.1. The Hall–Kier alpha value is -1.99. The average molecular weight is 265 g/mol. The van der Waals surface area contributed by atoms with Crippen LogP contribution in [0.3, 0.4) is 0 Å². The van der Waals surface area contributed by atoms with Crippen LogP contribution in [0.4, 0.5) is 0 Å². The van der Waals surface area contributed by atoms with Crippen LogP contribution < -0.4 is 9.72 Å². The highest BCUT2D eigenvalue weighted by Gasteiger charge is 2.12. The highest BCUT2D eigenvalue weighted by molar-refractivity contribution is 7.88. The van der Waals surface area contributed by atoms with Crippen LogP contribution in [-0.4, -0.2) is 18.4 Å². The molecule has 0 saturated heterocycles. The second-order valence-corrected chi connectivity index (χ2v) is 5.15. The van der Waals surface area contributed by atoms with Gasteiger partial charge in [0.05, 0.1) is 5.75 Å². The molecule has 0 unspecified atom stereocenters. The predicted molar refractivity (Wildman–Crippen MR) is 64.9 cm³/mol. The van der Waals surface area contributed by atoms with E-state index in [0.29, 0.717) is 5.56 Å². The molecule has 0 aliphatic rings. The first-order chi connectivity index (χ1) is 8.66. The van der Waals surface area contributed by atoms with Gasteiger partial charge in [0.15, 0.2) is 0 Å². The van der Waals surface area contributed by atoms with Gasteiger partial charge >= 0.3 is 6.01 Å². The van der Waals surface area contributed by atoms with Gasteiger partial charge in [0, 0.05) is 12.4 Å². The third-order valence-electron chi connectivity index (χ3n) is 2.00. The third-order valence-corrected chi connectivity index (χ3v) is 3.05. The number of hydrogen-bond acceptors (Lipinski definition) is 5. The van der Waals surface area contributed by atoms with Crippen molar-refractivity contribution in [3.05, 3.63) is 54.4 Å². The Bertz CT molecular complexity index is 587. The molecule has 1 aromatic heterocycles. The Kier molecular flexibility index (Phi) is 3.85. The lowest BCUT2D eigenvalue weighted by Crippen LogP contribution is -2.29. The number of rotatable bonds is 5. The third kappa shape index (κ3) is 3.79. The molecule has 0 aliphatic heterocycles. The molecule has 6 nitrogen and oxygen atoms in total. The van der Waals surface area contributed by atoms with Crippen molar-refractivity contribution in [2.24, 2.45) is 0 Å². The fourth-order valence-corrected chi connectivity index (χ4v) is 2.15. The van der Waals surface area contributed by atoms with Gasteiger partial charge in [-0.2, -0.15) is 0 Å². The number of benzene rings is 1. The van der Waals surface area contributed by atoms with E-state index in [2.05, 4.69) is 9.97 Å². The summed E-state index contributed by atoms with van der Waals surface area (Å²) in [6, 6.07) is 10.4. The van der Waals surface area contributed by atoms with Gasteiger partial charge in [0.1, 0.15) is 0 Å². The predicted octanol–water partition coefficient (Wildman–Crippen LogP) is 0.890. The quantitative estimate of drug-likeness (QED) is 0.812. The Morgan fingerprint density at radius 1 is 1.06 bits per heavy atom. The van der Waals surface area contributed by atoms with E-state index >= 15 is 0 Å². The molecule has 0 saturated carbocycles. The first kappa shape index (κ1) is 12.5. The fraction of sp³-hybridized carbons (Fsp3) is 0.0909. The Morgan fingerprint density at radius 2 is 1.72 bits per heavy atom. The molecule has 0 atom stereocenters. The molecular weight excluding hydrogens is 254 g/mol. The van der Waals surface area contributed by atoms with Gasteiger partial charge in [0.25, 0.3) is 0 Å². The van der Waals surface area contributed by atoms with Crippen LogP contribution in [0.25, 0.3) is 0 Å². The van der Waals surface area contributed by atoms with Gasteiger partial charge in [-0.1, -0.05) is 30.3 Å². The van der Waals surface area contributed by atoms with E-state index in [0.717, 1.165) is 0 Å². The van der Waals surface area contributed by atoms with Crippen molar-refractivity contribution in [2.45, 2.75) is 5.75 Å². The van der Waals surface area contributed by atoms with Crippen LogP contribution in [0, 0.1) is 0 Å². The summed E-state index contributed by atoms with van der Waals surface area (Å²) in [5, 5.41) is 0. The van der Waals surface area contributed by atoms with Crippen LogP contribution in [0.15, 0.2) is 48.8 Å². The number of aromatic nitrogens is 2. The number of sulfonamides is 1. The lowest BCUT2D eigenvalue weighted by atomic mass is 10.2. The summed E-state index contributed by atoms with van der Waals surface area (Å²) in [6.07, 6.45) is 2.90. The molecule has 1 N–H and O–H groups in total. The number of hydrogen-bond donors (Lipinski definition) is 1. The molecular formula is C11H11N3O3S. The molecule has 18 heavy (non-hydrogen) atoms. The molecule has 0 fully saturated rings. The minimum absolute atomic E-state index is 0.0471.